The fraction of sp³-hybridized carbons (Fsp3) is 0.188. The second kappa shape index (κ2) is 5.75. The van der Waals surface area contributed by atoms with Crippen molar-refractivity contribution >= 4 is 17.3 Å². The van der Waals surface area contributed by atoms with Gasteiger partial charge in [-0.25, -0.2) is 0 Å². The van der Waals surface area contributed by atoms with Crippen LogP contribution in [0, 0.1) is 13.8 Å². The summed E-state index contributed by atoms with van der Waals surface area (Å²) in [7, 11) is 1.50. The number of phenols is 1. The molecule has 5 nitrogen and oxygen atoms in total. The number of ether oxygens (including phenoxy) is 1. The monoisotopic (exact) mass is 286 g/mol. The van der Waals surface area contributed by atoms with Crippen molar-refractivity contribution in [1.29, 1.82) is 0 Å². The molecular formula is C16H18N2O3. The molecule has 0 aromatic heterocycles. The number of carbonyl (C=O) groups is 1. The number of benzene rings is 2. The maximum Gasteiger partial charge on any atom is 0.259 e. The Hall–Kier alpha value is -2.69. The zero-order valence-corrected chi connectivity index (χ0v) is 12.2. The second-order valence-corrected chi connectivity index (χ2v) is 4.87. The van der Waals surface area contributed by atoms with E-state index in [1.54, 1.807) is 18.2 Å². The zero-order chi connectivity index (χ0) is 15.6. The first-order valence-corrected chi connectivity index (χ1v) is 6.47. The molecule has 2 rings (SSSR count). The Morgan fingerprint density at radius 2 is 1.81 bits per heavy atom. The SMILES string of the molecule is COc1ccc(O)c(C(=O)Nc2c(C)cc(N)cc2C)c1. The maximum absolute atomic E-state index is 12.3. The molecule has 4 N–H and O–H groups in total. The van der Waals surface area contributed by atoms with Crippen LogP contribution in [0.3, 0.4) is 0 Å². The van der Waals surface area contributed by atoms with Crippen molar-refractivity contribution in [3.63, 3.8) is 0 Å². The van der Waals surface area contributed by atoms with Crippen molar-refractivity contribution in [2.24, 2.45) is 0 Å². The normalized spacial score (nSPS) is 10.2. The highest BCUT2D eigenvalue weighted by Gasteiger charge is 2.15. The fourth-order valence-electron chi connectivity index (χ4n) is 2.20. The highest BCUT2D eigenvalue weighted by atomic mass is 16.5. The molecule has 110 valence electrons. The first-order valence-electron chi connectivity index (χ1n) is 6.47. The number of carbonyl (C=O) groups excluding carboxylic acids is 1. The van der Waals surface area contributed by atoms with Crippen molar-refractivity contribution in [2.75, 3.05) is 18.2 Å². The van der Waals surface area contributed by atoms with Gasteiger partial charge in [0.25, 0.3) is 5.91 Å². The number of aryl methyl sites for hydroxylation is 2. The van der Waals surface area contributed by atoms with Crippen molar-refractivity contribution in [3.05, 3.63) is 47.0 Å². The van der Waals surface area contributed by atoms with Gasteiger partial charge in [0.15, 0.2) is 0 Å². The van der Waals surface area contributed by atoms with Crippen molar-refractivity contribution in [1.82, 2.24) is 0 Å². The van der Waals surface area contributed by atoms with Crippen LogP contribution in [0.25, 0.3) is 0 Å². The number of phenolic OH excluding ortho intramolecular Hbond substituents is 1. The van der Waals surface area contributed by atoms with Gasteiger partial charge in [0.05, 0.1) is 12.7 Å². The molecule has 2 aromatic rings. The predicted octanol–water partition coefficient (Wildman–Crippen LogP) is 2.85. The number of nitrogens with two attached hydrogens (primary N) is 1. The molecule has 0 spiro atoms. The van der Waals surface area contributed by atoms with Gasteiger partial charge in [-0.05, 0) is 55.3 Å². The lowest BCUT2D eigenvalue weighted by Crippen LogP contribution is -2.14. The molecule has 0 saturated heterocycles. The summed E-state index contributed by atoms with van der Waals surface area (Å²) in [4.78, 5) is 12.3. The quantitative estimate of drug-likeness (QED) is 0.757. The minimum absolute atomic E-state index is 0.0981. The smallest absolute Gasteiger partial charge is 0.259 e. The largest absolute Gasteiger partial charge is 0.507 e. The van der Waals surface area contributed by atoms with Gasteiger partial charge in [-0.3, -0.25) is 4.79 Å². The standard InChI is InChI=1S/C16H18N2O3/c1-9-6-11(17)7-10(2)15(9)18-16(20)13-8-12(21-3)4-5-14(13)19/h4-8,19H,17H2,1-3H3,(H,18,20). The topological polar surface area (TPSA) is 84.6 Å². The van der Waals surface area contributed by atoms with Crippen LogP contribution in [-0.4, -0.2) is 18.1 Å². The number of hydrogen-bond acceptors (Lipinski definition) is 4. The minimum atomic E-state index is -0.401. The van der Waals surface area contributed by atoms with Crippen LogP contribution in [-0.2, 0) is 0 Å². The Kier molecular flexibility index (Phi) is 4.03. The Labute approximate surface area is 123 Å². The number of rotatable bonds is 3. The van der Waals surface area contributed by atoms with Crippen molar-refractivity contribution < 1.29 is 14.6 Å². The minimum Gasteiger partial charge on any atom is -0.507 e. The maximum atomic E-state index is 12.3. The Balaban J connectivity index is 2.35. The van der Waals surface area contributed by atoms with Crippen LogP contribution in [0.2, 0.25) is 0 Å². The van der Waals surface area contributed by atoms with E-state index in [4.69, 9.17) is 10.5 Å². The van der Waals surface area contributed by atoms with Gasteiger partial charge in [0.1, 0.15) is 11.5 Å². The number of hydrogen-bond donors (Lipinski definition) is 3. The summed E-state index contributed by atoms with van der Waals surface area (Å²) >= 11 is 0. The van der Waals surface area contributed by atoms with E-state index >= 15 is 0 Å². The van der Waals surface area contributed by atoms with Crippen LogP contribution in [0.5, 0.6) is 11.5 Å². The van der Waals surface area contributed by atoms with Crippen molar-refractivity contribution in [2.45, 2.75) is 13.8 Å². The number of amides is 1. The Morgan fingerprint density at radius 3 is 2.38 bits per heavy atom. The summed E-state index contributed by atoms with van der Waals surface area (Å²) in [6.45, 7) is 3.73. The van der Waals surface area contributed by atoms with Crippen LogP contribution in [0.1, 0.15) is 21.5 Å². The summed E-state index contributed by atoms with van der Waals surface area (Å²) < 4.78 is 5.07. The third-order valence-electron chi connectivity index (χ3n) is 3.24. The summed E-state index contributed by atoms with van der Waals surface area (Å²) in [6, 6.07) is 8.08. The molecule has 5 heteroatoms. The van der Waals surface area contributed by atoms with Gasteiger partial charge < -0.3 is 20.9 Å². The summed E-state index contributed by atoms with van der Waals surface area (Å²) in [5.41, 5.74) is 8.99. The Bertz CT molecular complexity index is 673. The molecule has 0 bridgehead atoms. The number of methoxy groups -OCH3 is 1. The van der Waals surface area contributed by atoms with Gasteiger partial charge >= 0.3 is 0 Å². The molecule has 0 aliphatic rings. The molecule has 0 aliphatic carbocycles. The van der Waals surface area contributed by atoms with Gasteiger partial charge in [-0.1, -0.05) is 0 Å². The highest BCUT2D eigenvalue weighted by Crippen LogP contribution is 2.27. The van der Waals surface area contributed by atoms with E-state index in [1.165, 1.54) is 19.2 Å². The van der Waals surface area contributed by atoms with Crippen LogP contribution in [0.4, 0.5) is 11.4 Å². The van der Waals surface area contributed by atoms with Crippen molar-refractivity contribution in [3.8, 4) is 11.5 Å². The van der Waals surface area contributed by atoms with E-state index in [0.29, 0.717) is 17.1 Å². The molecule has 21 heavy (non-hydrogen) atoms. The van der Waals surface area contributed by atoms with E-state index in [2.05, 4.69) is 5.32 Å². The number of nitrogens with one attached hydrogen (secondary N) is 1. The van der Waals surface area contributed by atoms with Gasteiger partial charge in [-0.15, -0.1) is 0 Å². The molecule has 0 unspecified atom stereocenters. The summed E-state index contributed by atoms with van der Waals surface area (Å²) in [5, 5.41) is 12.6. The zero-order valence-electron chi connectivity index (χ0n) is 12.2. The molecule has 0 fully saturated rings. The molecule has 0 saturated carbocycles. The molecule has 0 atom stereocenters. The molecule has 0 heterocycles. The van der Waals surface area contributed by atoms with E-state index < -0.39 is 5.91 Å². The first kappa shape index (κ1) is 14.7. The lowest BCUT2D eigenvalue weighted by Gasteiger charge is -2.13. The third-order valence-corrected chi connectivity index (χ3v) is 3.24. The fourth-order valence-corrected chi connectivity index (χ4v) is 2.20. The average molecular weight is 286 g/mol. The van der Waals surface area contributed by atoms with Gasteiger partial charge in [0.2, 0.25) is 0 Å². The number of aromatic hydroxyl groups is 1. The first-order chi connectivity index (χ1) is 9.92. The lowest BCUT2D eigenvalue weighted by molar-refractivity contribution is 0.102. The molecule has 0 aliphatic heterocycles. The summed E-state index contributed by atoms with van der Waals surface area (Å²) in [6.07, 6.45) is 0. The second-order valence-electron chi connectivity index (χ2n) is 4.87. The average Bonchev–Trinajstić information content (AvgIpc) is 2.43. The molecule has 2 aromatic carbocycles. The third kappa shape index (κ3) is 3.08. The lowest BCUT2D eigenvalue weighted by atomic mass is 10.1. The molecule has 0 radical (unpaired) electrons. The Morgan fingerprint density at radius 1 is 1.19 bits per heavy atom. The van der Waals surface area contributed by atoms with E-state index in [9.17, 15) is 9.90 Å². The highest BCUT2D eigenvalue weighted by molar-refractivity contribution is 6.07. The molecular weight excluding hydrogens is 268 g/mol. The van der Waals surface area contributed by atoms with E-state index in [-0.39, 0.29) is 11.3 Å². The van der Waals surface area contributed by atoms with Gasteiger partial charge in [0, 0.05) is 11.4 Å². The van der Waals surface area contributed by atoms with E-state index in [0.717, 1.165) is 11.1 Å². The van der Waals surface area contributed by atoms with Crippen LogP contribution < -0.4 is 15.8 Å². The number of anilines is 2. The summed E-state index contributed by atoms with van der Waals surface area (Å²) in [5.74, 6) is 0.00474. The predicted molar refractivity (Wildman–Crippen MR) is 82.9 cm³/mol. The van der Waals surface area contributed by atoms with E-state index in [1.807, 2.05) is 13.8 Å². The van der Waals surface area contributed by atoms with Crippen LogP contribution >= 0.6 is 0 Å². The number of nitrogen functional groups attached to an aromatic ring is 1. The van der Waals surface area contributed by atoms with Crippen LogP contribution in [0.15, 0.2) is 30.3 Å². The molecule has 1 amide bonds. The van der Waals surface area contributed by atoms with Gasteiger partial charge in [-0.2, -0.15) is 0 Å².